The molecule has 2 atom stereocenters. The maximum atomic E-state index is 14.2. The molecular formula is C29H25F6N5O2. The molecule has 2 heterocycles. The van der Waals surface area contributed by atoms with Gasteiger partial charge < -0.3 is 11.1 Å². The molecule has 2 aromatic carbocycles. The number of rotatable bonds is 9. The average Bonchev–Trinajstić information content (AvgIpc) is 3.24. The molecule has 1 aromatic heterocycles. The van der Waals surface area contributed by atoms with E-state index in [1.807, 2.05) is 0 Å². The zero-order valence-electron chi connectivity index (χ0n) is 22.2. The van der Waals surface area contributed by atoms with E-state index < -0.39 is 64.7 Å². The summed E-state index contributed by atoms with van der Waals surface area (Å²) in [6.07, 6.45) is -2.43. The fraction of sp³-hybridized carbons (Fsp3) is 0.241. The van der Waals surface area contributed by atoms with Gasteiger partial charge in [0.05, 0.1) is 29.3 Å². The van der Waals surface area contributed by atoms with Gasteiger partial charge in [-0.1, -0.05) is 18.2 Å². The number of halogens is 6. The third-order valence-electron chi connectivity index (χ3n) is 6.75. The summed E-state index contributed by atoms with van der Waals surface area (Å²) < 4.78 is 82.9. The summed E-state index contributed by atoms with van der Waals surface area (Å²) in [5.41, 5.74) is 3.20. The van der Waals surface area contributed by atoms with Crippen LogP contribution in [0.3, 0.4) is 0 Å². The quantitative estimate of drug-likeness (QED) is 0.268. The minimum Gasteiger partial charge on any atom is -0.366 e. The molecule has 2 amide bonds. The predicted molar refractivity (Wildman–Crippen MR) is 142 cm³/mol. The highest BCUT2D eigenvalue weighted by Gasteiger charge is 2.51. The molecule has 0 radical (unpaired) electrons. The van der Waals surface area contributed by atoms with Gasteiger partial charge >= 0.3 is 6.18 Å². The van der Waals surface area contributed by atoms with Gasteiger partial charge in [-0.05, 0) is 54.8 Å². The standard InChI is InChI=1S/C29H25F6N5O2/c1-3-28(2)15-40(39-27(28)29(33,34)35)14-24(41)38-23(11-16-9-18(30)13-19(31)10-16)25-20(5-4-8-37-25)17-6-7-22(32)21(12-17)26(36)42/h3-10,12-13,23H,1,11,14-15H2,2H3,(H2,36,42)(H,38,41)/t23-,28?/m0/s1. The number of carbonyl (C=O) groups is 2. The van der Waals surface area contributed by atoms with E-state index in [4.69, 9.17) is 5.73 Å². The number of aromatic nitrogens is 1. The summed E-state index contributed by atoms with van der Waals surface area (Å²) in [4.78, 5) is 29.3. The van der Waals surface area contributed by atoms with Gasteiger partial charge in [-0.3, -0.25) is 19.6 Å². The smallest absolute Gasteiger partial charge is 0.366 e. The van der Waals surface area contributed by atoms with Gasteiger partial charge in [-0.25, -0.2) is 13.2 Å². The van der Waals surface area contributed by atoms with Crippen LogP contribution in [0.25, 0.3) is 11.1 Å². The predicted octanol–water partition coefficient (Wildman–Crippen LogP) is 5.09. The number of alkyl halides is 3. The first-order valence-corrected chi connectivity index (χ1v) is 12.5. The highest BCUT2D eigenvalue weighted by molar-refractivity contribution is 5.97. The monoisotopic (exact) mass is 589 g/mol. The summed E-state index contributed by atoms with van der Waals surface area (Å²) in [6, 6.07) is 8.42. The Balaban J connectivity index is 1.70. The summed E-state index contributed by atoms with van der Waals surface area (Å²) >= 11 is 0. The lowest BCUT2D eigenvalue weighted by Crippen LogP contribution is -2.40. The van der Waals surface area contributed by atoms with Crippen molar-refractivity contribution >= 4 is 17.5 Å². The Hall–Kier alpha value is -4.68. The molecule has 0 saturated carbocycles. The second kappa shape index (κ2) is 11.7. The second-order valence-electron chi connectivity index (χ2n) is 9.99. The van der Waals surface area contributed by atoms with E-state index in [1.54, 1.807) is 12.1 Å². The molecule has 220 valence electrons. The van der Waals surface area contributed by atoms with Crippen LogP contribution in [0.2, 0.25) is 0 Å². The van der Waals surface area contributed by atoms with Crippen molar-refractivity contribution in [1.29, 1.82) is 0 Å². The number of hydrogen-bond acceptors (Lipinski definition) is 5. The molecule has 0 aliphatic carbocycles. The number of amides is 2. The first-order chi connectivity index (χ1) is 19.7. The summed E-state index contributed by atoms with van der Waals surface area (Å²) in [5.74, 6) is -4.36. The molecule has 4 rings (SSSR count). The van der Waals surface area contributed by atoms with Gasteiger partial charge in [-0.2, -0.15) is 18.3 Å². The number of benzene rings is 2. The van der Waals surface area contributed by atoms with Crippen molar-refractivity contribution in [3.63, 3.8) is 0 Å². The van der Waals surface area contributed by atoms with Crippen molar-refractivity contribution in [2.75, 3.05) is 13.1 Å². The zero-order chi connectivity index (χ0) is 30.8. The SMILES string of the molecule is C=CC1(C)CN(CC(=O)N[C@@H](Cc2cc(F)cc(F)c2)c2ncccc2-c2ccc(F)c(C(N)=O)c2)N=C1C(F)(F)F. The minimum atomic E-state index is -4.75. The van der Waals surface area contributed by atoms with Gasteiger partial charge in [0, 0.05) is 17.8 Å². The van der Waals surface area contributed by atoms with E-state index in [0.717, 1.165) is 29.3 Å². The summed E-state index contributed by atoms with van der Waals surface area (Å²) in [7, 11) is 0. The van der Waals surface area contributed by atoms with Crippen LogP contribution in [0.1, 0.15) is 34.6 Å². The lowest BCUT2D eigenvalue weighted by atomic mass is 9.85. The van der Waals surface area contributed by atoms with Crippen molar-refractivity contribution in [2.45, 2.75) is 25.6 Å². The number of pyridine rings is 1. The van der Waals surface area contributed by atoms with E-state index in [0.29, 0.717) is 17.2 Å². The van der Waals surface area contributed by atoms with Crippen molar-refractivity contribution in [1.82, 2.24) is 15.3 Å². The van der Waals surface area contributed by atoms with Crippen molar-refractivity contribution in [3.8, 4) is 11.1 Å². The van der Waals surface area contributed by atoms with E-state index in [9.17, 15) is 35.9 Å². The first-order valence-electron chi connectivity index (χ1n) is 12.5. The molecule has 3 N–H and O–H groups in total. The maximum Gasteiger partial charge on any atom is 0.432 e. The minimum absolute atomic E-state index is 0.143. The molecule has 1 aliphatic rings. The molecule has 42 heavy (non-hydrogen) atoms. The van der Waals surface area contributed by atoms with Crippen LogP contribution in [-0.4, -0.2) is 46.8 Å². The topological polar surface area (TPSA) is 101 Å². The molecule has 13 heteroatoms. The molecule has 1 unspecified atom stereocenters. The third-order valence-corrected chi connectivity index (χ3v) is 6.75. The molecule has 0 spiro atoms. The highest BCUT2D eigenvalue weighted by Crippen LogP contribution is 2.37. The molecule has 0 fully saturated rings. The summed E-state index contributed by atoms with van der Waals surface area (Å²) in [6.45, 7) is 3.93. The van der Waals surface area contributed by atoms with E-state index in [1.165, 1.54) is 25.3 Å². The number of nitrogens with zero attached hydrogens (tertiary/aromatic N) is 3. The number of primary amides is 1. The van der Waals surface area contributed by atoms with Crippen molar-refractivity contribution in [3.05, 3.63) is 102 Å². The first kappa shape index (κ1) is 30.3. The average molecular weight is 590 g/mol. The van der Waals surface area contributed by atoms with Crippen LogP contribution in [0.15, 0.2) is 72.5 Å². The van der Waals surface area contributed by atoms with E-state index in [-0.39, 0.29) is 24.2 Å². The van der Waals surface area contributed by atoms with Gasteiger partial charge in [-0.15, -0.1) is 6.58 Å². The largest absolute Gasteiger partial charge is 0.432 e. The van der Waals surface area contributed by atoms with Crippen molar-refractivity contribution in [2.24, 2.45) is 16.3 Å². The van der Waals surface area contributed by atoms with Crippen LogP contribution in [0, 0.1) is 22.9 Å². The molecular weight excluding hydrogens is 564 g/mol. The normalized spacial score (nSPS) is 17.5. The van der Waals surface area contributed by atoms with Crippen LogP contribution < -0.4 is 11.1 Å². The fourth-order valence-electron chi connectivity index (χ4n) is 4.79. The Morgan fingerprint density at radius 2 is 1.83 bits per heavy atom. The number of hydrazone groups is 1. The molecule has 0 bridgehead atoms. The number of nitrogens with one attached hydrogen (secondary N) is 1. The molecule has 3 aromatic rings. The van der Waals surface area contributed by atoms with Crippen molar-refractivity contribution < 1.29 is 35.9 Å². The molecule has 7 nitrogen and oxygen atoms in total. The Morgan fingerprint density at radius 1 is 1.14 bits per heavy atom. The van der Waals surface area contributed by atoms with Gasteiger partial charge in [0.25, 0.3) is 5.91 Å². The van der Waals surface area contributed by atoms with Gasteiger partial charge in [0.15, 0.2) is 5.71 Å². The lowest BCUT2D eigenvalue weighted by molar-refractivity contribution is -0.123. The number of carbonyl (C=O) groups excluding carboxylic acids is 2. The van der Waals surface area contributed by atoms with Crippen LogP contribution in [-0.2, 0) is 11.2 Å². The Kier molecular flexibility index (Phi) is 8.41. The van der Waals surface area contributed by atoms with E-state index >= 15 is 0 Å². The zero-order valence-corrected chi connectivity index (χ0v) is 22.2. The fourth-order valence-corrected chi connectivity index (χ4v) is 4.79. The molecule has 1 aliphatic heterocycles. The second-order valence-corrected chi connectivity index (χ2v) is 9.99. The lowest BCUT2D eigenvalue weighted by Gasteiger charge is -2.24. The molecule has 0 saturated heterocycles. The van der Waals surface area contributed by atoms with Gasteiger partial charge in [0.2, 0.25) is 5.91 Å². The number of nitrogens with two attached hydrogens (primary N) is 1. The van der Waals surface area contributed by atoms with Crippen LogP contribution in [0.5, 0.6) is 0 Å². The maximum absolute atomic E-state index is 14.2. The summed E-state index contributed by atoms with van der Waals surface area (Å²) in [5, 5.41) is 7.24. The van der Waals surface area contributed by atoms with Crippen LogP contribution in [0.4, 0.5) is 26.3 Å². The Labute approximate surface area is 236 Å². The van der Waals surface area contributed by atoms with E-state index in [2.05, 4.69) is 22.0 Å². The van der Waals surface area contributed by atoms with Crippen LogP contribution >= 0.6 is 0 Å². The Morgan fingerprint density at radius 3 is 2.43 bits per heavy atom. The third kappa shape index (κ3) is 6.61. The highest BCUT2D eigenvalue weighted by atomic mass is 19.4. The van der Waals surface area contributed by atoms with Gasteiger partial charge in [0.1, 0.15) is 24.0 Å². The Bertz CT molecular complexity index is 1550. The number of hydrogen-bond donors (Lipinski definition) is 2.